The maximum absolute atomic E-state index is 13.1. The van der Waals surface area contributed by atoms with Gasteiger partial charge in [0.25, 0.3) is 0 Å². The Morgan fingerprint density at radius 3 is 1.93 bits per heavy atom. The van der Waals surface area contributed by atoms with Gasteiger partial charge in [0, 0.05) is 17.8 Å². The van der Waals surface area contributed by atoms with Crippen molar-refractivity contribution < 1.29 is 9.59 Å². The number of thioether (sulfide) groups is 1. The molecule has 0 heterocycles. The second-order valence-corrected chi connectivity index (χ2v) is 9.89. The van der Waals surface area contributed by atoms with Gasteiger partial charge in [0.05, 0.1) is 5.75 Å². The van der Waals surface area contributed by atoms with Gasteiger partial charge in [-0.25, -0.2) is 0 Å². The van der Waals surface area contributed by atoms with E-state index < -0.39 is 6.04 Å². The molecule has 0 bridgehead atoms. The number of rotatable bonds is 8. The third kappa shape index (κ3) is 7.86. The summed E-state index contributed by atoms with van der Waals surface area (Å²) in [6.07, 6.45) is 0. The van der Waals surface area contributed by atoms with Crippen molar-refractivity contribution in [3.63, 3.8) is 0 Å². The van der Waals surface area contributed by atoms with Crippen molar-refractivity contribution in [1.29, 1.82) is 0 Å². The SMILES string of the molecule is Cc1ccc(CSCC(=O)N(Cc2ccc(C)cc2)[C@@H](C)C(=O)NC(C)(C)C)cc1. The Bertz CT molecular complexity index is 839. The van der Waals surface area contributed by atoms with Crippen molar-refractivity contribution in [2.75, 3.05) is 5.75 Å². The molecule has 0 aliphatic rings. The Labute approximate surface area is 185 Å². The van der Waals surface area contributed by atoms with Crippen LogP contribution in [-0.2, 0) is 21.9 Å². The predicted octanol–water partition coefficient (Wildman–Crippen LogP) is 4.87. The molecule has 0 saturated heterocycles. The highest BCUT2D eigenvalue weighted by molar-refractivity contribution is 7.99. The number of hydrogen-bond acceptors (Lipinski definition) is 3. The fourth-order valence-corrected chi connectivity index (χ4v) is 3.84. The summed E-state index contributed by atoms with van der Waals surface area (Å²) in [7, 11) is 0. The molecule has 30 heavy (non-hydrogen) atoms. The van der Waals surface area contributed by atoms with Crippen LogP contribution >= 0.6 is 11.8 Å². The first-order valence-corrected chi connectivity index (χ1v) is 11.5. The largest absolute Gasteiger partial charge is 0.350 e. The van der Waals surface area contributed by atoms with E-state index in [0.29, 0.717) is 12.3 Å². The number of carbonyl (C=O) groups excluding carboxylic acids is 2. The lowest BCUT2D eigenvalue weighted by molar-refractivity contribution is -0.139. The van der Waals surface area contributed by atoms with Crippen molar-refractivity contribution in [3.8, 4) is 0 Å². The predicted molar refractivity (Wildman–Crippen MR) is 126 cm³/mol. The fraction of sp³-hybridized carbons (Fsp3) is 0.440. The molecule has 0 saturated carbocycles. The molecule has 0 aliphatic carbocycles. The average Bonchev–Trinajstić information content (AvgIpc) is 2.67. The van der Waals surface area contributed by atoms with E-state index in [1.54, 1.807) is 23.6 Å². The topological polar surface area (TPSA) is 49.4 Å². The molecule has 2 rings (SSSR count). The molecule has 5 heteroatoms. The summed E-state index contributed by atoms with van der Waals surface area (Å²) in [4.78, 5) is 27.5. The van der Waals surface area contributed by atoms with Crippen LogP contribution in [-0.4, -0.2) is 34.0 Å². The zero-order valence-corrected chi connectivity index (χ0v) is 19.8. The lowest BCUT2D eigenvalue weighted by Gasteiger charge is -2.31. The van der Waals surface area contributed by atoms with Crippen LogP contribution in [0.25, 0.3) is 0 Å². The molecule has 162 valence electrons. The lowest BCUT2D eigenvalue weighted by Crippen LogP contribution is -2.52. The second kappa shape index (κ2) is 10.7. The summed E-state index contributed by atoms with van der Waals surface area (Å²) in [6, 6.07) is 15.9. The van der Waals surface area contributed by atoms with Crippen LogP contribution in [0.4, 0.5) is 0 Å². The molecule has 1 N–H and O–H groups in total. The Hall–Kier alpha value is -2.27. The zero-order chi connectivity index (χ0) is 22.3. The zero-order valence-electron chi connectivity index (χ0n) is 19.0. The van der Waals surface area contributed by atoms with Crippen LogP contribution in [0.5, 0.6) is 0 Å². The molecular formula is C25H34N2O2S. The van der Waals surface area contributed by atoms with E-state index in [-0.39, 0.29) is 17.4 Å². The third-order valence-electron chi connectivity index (χ3n) is 4.75. The number of hydrogen-bond donors (Lipinski definition) is 1. The van der Waals surface area contributed by atoms with Gasteiger partial charge >= 0.3 is 0 Å². The number of nitrogens with one attached hydrogen (secondary N) is 1. The molecular weight excluding hydrogens is 392 g/mol. The van der Waals surface area contributed by atoms with Crippen molar-refractivity contribution in [2.45, 2.75) is 65.4 Å². The van der Waals surface area contributed by atoms with Crippen molar-refractivity contribution >= 4 is 23.6 Å². The van der Waals surface area contributed by atoms with Gasteiger partial charge in [0.2, 0.25) is 11.8 Å². The lowest BCUT2D eigenvalue weighted by atomic mass is 10.1. The maximum Gasteiger partial charge on any atom is 0.242 e. The first-order chi connectivity index (χ1) is 14.0. The molecule has 2 amide bonds. The van der Waals surface area contributed by atoms with E-state index in [2.05, 4.69) is 36.5 Å². The number of aryl methyl sites for hydroxylation is 2. The summed E-state index contributed by atoms with van der Waals surface area (Å²) in [6.45, 7) is 12.2. The highest BCUT2D eigenvalue weighted by Crippen LogP contribution is 2.17. The number of amides is 2. The Morgan fingerprint density at radius 1 is 0.933 bits per heavy atom. The number of carbonyl (C=O) groups is 2. The summed E-state index contributed by atoms with van der Waals surface area (Å²) in [5.74, 6) is 0.954. The average molecular weight is 427 g/mol. The highest BCUT2D eigenvalue weighted by Gasteiger charge is 2.28. The molecule has 2 aromatic rings. The van der Waals surface area contributed by atoms with Crippen LogP contribution in [0.1, 0.15) is 49.9 Å². The van der Waals surface area contributed by atoms with Gasteiger partial charge < -0.3 is 10.2 Å². The standard InChI is InChI=1S/C25H34N2O2S/c1-18-7-11-21(12-8-18)15-27(20(3)24(29)26-25(4,5)6)23(28)17-30-16-22-13-9-19(2)10-14-22/h7-14,20H,15-17H2,1-6H3,(H,26,29)/t20-/m0/s1. The molecule has 4 nitrogen and oxygen atoms in total. The van der Waals surface area contributed by atoms with Gasteiger partial charge in [-0.05, 0) is 52.7 Å². The first kappa shape index (κ1) is 24.0. The smallest absolute Gasteiger partial charge is 0.242 e. The summed E-state index contributed by atoms with van der Waals surface area (Å²) in [5, 5.41) is 3.00. The van der Waals surface area contributed by atoms with E-state index in [1.165, 1.54) is 16.7 Å². The van der Waals surface area contributed by atoms with Crippen molar-refractivity contribution in [2.24, 2.45) is 0 Å². The van der Waals surface area contributed by atoms with Crippen LogP contribution in [0.3, 0.4) is 0 Å². The molecule has 1 atom stereocenters. The molecule has 0 unspecified atom stereocenters. The van der Waals surface area contributed by atoms with Crippen LogP contribution in [0.2, 0.25) is 0 Å². The molecule has 0 spiro atoms. The van der Waals surface area contributed by atoms with E-state index >= 15 is 0 Å². The van der Waals surface area contributed by atoms with Gasteiger partial charge in [-0.3, -0.25) is 9.59 Å². The van der Waals surface area contributed by atoms with Gasteiger partial charge in [-0.1, -0.05) is 59.7 Å². The van der Waals surface area contributed by atoms with E-state index in [1.807, 2.05) is 52.0 Å². The maximum atomic E-state index is 13.1. The minimum Gasteiger partial charge on any atom is -0.350 e. The second-order valence-electron chi connectivity index (χ2n) is 8.90. The van der Waals surface area contributed by atoms with Gasteiger partial charge in [-0.2, -0.15) is 0 Å². The molecule has 0 radical (unpaired) electrons. The molecule has 0 aliphatic heterocycles. The Morgan fingerprint density at radius 2 is 1.43 bits per heavy atom. The number of nitrogens with zero attached hydrogens (tertiary/aromatic N) is 1. The van der Waals surface area contributed by atoms with Gasteiger partial charge in [0.1, 0.15) is 6.04 Å². The van der Waals surface area contributed by atoms with E-state index in [4.69, 9.17) is 0 Å². The van der Waals surface area contributed by atoms with Crippen LogP contribution < -0.4 is 5.32 Å². The van der Waals surface area contributed by atoms with Crippen molar-refractivity contribution in [3.05, 3.63) is 70.8 Å². The monoisotopic (exact) mass is 426 g/mol. The molecule has 0 aromatic heterocycles. The normalized spacial score (nSPS) is 12.3. The molecule has 2 aromatic carbocycles. The summed E-state index contributed by atoms with van der Waals surface area (Å²) < 4.78 is 0. The van der Waals surface area contributed by atoms with Crippen molar-refractivity contribution in [1.82, 2.24) is 10.2 Å². The van der Waals surface area contributed by atoms with Gasteiger partial charge in [0.15, 0.2) is 0 Å². The van der Waals surface area contributed by atoms with E-state index in [9.17, 15) is 9.59 Å². The van der Waals surface area contributed by atoms with Crippen LogP contribution in [0, 0.1) is 13.8 Å². The summed E-state index contributed by atoms with van der Waals surface area (Å²) in [5.41, 5.74) is 4.27. The first-order valence-electron chi connectivity index (χ1n) is 10.4. The minimum absolute atomic E-state index is 0.0238. The quantitative estimate of drug-likeness (QED) is 0.655. The third-order valence-corrected chi connectivity index (χ3v) is 5.74. The Balaban J connectivity index is 2.08. The van der Waals surface area contributed by atoms with Gasteiger partial charge in [-0.15, -0.1) is 11.8 Å². The van der Waals surface area contributed by atoms with E-state index in [0.717, 1.165) is 11.3 Å². The van der Waals surface area contributed by atoms with Crippen LogP contribution in [0.15, 0.2) is 48.5 Å². The Kier molecular flexibility index (Phi) is 8.54. The highest BCUT2D eigenvalue weighted by atomic mass is 32.2. The minimum atomic E-state index is -0.544. The fourth-order valence-electron chi connectivity index (χ4n) is 2.97. The molecule has 0 fully saturated rings. The number of benzene rings is 2. The summed E-state index contributed by atoms with van der Waals surface area (Å²) >= 11 is 1.58.